The zero-order valence-electron chi connectivity index (χ0n) is 3.94. The van der Waals surface area contributed by atoms with Crippen LogP contribution in [0.15, 0.2) is 9.53 Å². The maximum Gasteiger partial charge on any atom is 0.267 e. The second-order valence-electron chi connectivity index (χ2n) is 0.856. The average molecular weight is 215 g/mol. The molecule has 2 nitrogen and oxygen atoms in total. The molecule has 0 aromatic heterocycles. The molecule has 0 amide bonds. The Morgan fingerprint density at radius 1 is 1.22 bits per heavy atom. The molecule has 0 fully saturated rings. The monoisotopic (exact) mass is 214 g/mol. The van der Waals surface area contributed by atoms with Gasteiger partial charge in [0, 0.05) is 0 Å². The number of thiocarbonyl (C=S) groups is 2. The van der Waals surface area contributed by atoms with Gasteiger partial charge in [-0.1, -0.05) is 0 Å². The Hall–Kier alpha value is 0.540. The lowest BCUT2D eigenvalue weighted by molar-refractivity contribution is 1.84. The van der Waals surface area contributed by atoms with Crippen LogP contribution in [0.4, 0.5) is 0 Å². The summed E-state index contributed by atoms with van der Waals surface area (Å²) in [5, 5.41) is 4.07. The lowest BCUT2D eigenvalue weighted by Crippen LogP contribution is -1.53. The standard InChI is InChI=1S/C2ClN2PS3/c3-6(9,4-1-7)5-2-8. The van der Waals surface area contributed by atoms with E-state index in [2.05, 4.69) is 45.8 Å². The number of isothiocyanates is 2. The maximum atomic E-state index is 5.47. The summed E-state index contributed by atoms with van der Waals surface area (Å²) in [5.74, 6) is 0. The number of hydrogen-bond donors (Lipinski definition) is 0. The summed E-state index contributed by atoms with van der Waals surface area (Å²) in [6, 6.07) is 0. The summed E-state index contributed by atoms with van der Waals surface area (Å²) in [5.41, 5.74) is -2.57. The van der Waals surface area contributed by atoms with Gasteiger partial charge >= 0.3 is 0 Å². The molecule has 9 heavy (non-hydrogen) atoms. The first kappa shape index (κ1) is 9.54. The van der Waals surface area contributed by atoms with E-state index in [1.54, 1.807) is 0 Å². The van der Waals surface area contributed by atoms with Crippen LogP contribution < -0.4 is 0 Å². The molecule has 0 aromatic carbocycles. The van der Waals surface area contributed by atoms with Gasteiger partial charge in [0.15, 0.2) is 0 Å². The summed E-state index contributed by atoms with van der Waals surface area (Å²) in [6.07, 6.45) is 0. The van der Waals surface area contributed by atoms with Gasteiger partial charge < -0.3 is 0 Å². The van der Waals surface area contributed by atoms with Gasteiger partial charge in [-0.05, 0) is 47.5 Å². The van der Waals surface area contributed by atoms with E-state index in [4.69, 9.17) is 11.2 Å². The van der Waals surface area contributed by atoms with Crippen molar-refractivity contribution in [3.63, 3.8) is 0 Å². The largest absolute Gasteiger partial charge is 0.267 e. The van der Waals surface area contributed by atoms with Gasteiger partial charge in [0.25, 0.3) is 5.69 Å². The first-order valence-corrected chi connectivity index (χ1v) is 6.04. The highest BCUT2D eigenvalue weighted by Gasteiger charge is 2.04. The Labute approximate surface area is 72.9 Å². The third-order valence-electron chi connectivity index (χ3n) is 0.328. The summed E-state index contributed by atoms with van der Waals surface area (Å²) >= 11 is 18.6. The van der Waals surface area contributed by atoms with E-state index in [9.17, 15) is 0 Å². The van der Waals surface area contributed by atoms with Crippen LogP contribution in [0.25, 0.3) is 0 Å². The highest BCUT2D eigenvalue weighted by molar-refractivity contribution is 8.26. The molecule has 0 atom stereocenters. The van der Waals surface area contributed by atoms with E-state index >= 15 is 0 Å². The number of rotatable bonds is 2. The lowest BCUT2D eigenvalue weighted by atomic mass is 11.8. The third-order valence-corrected chi connectivity index (χ3v) is 2.42. The fourth-order valence-electron chi connectivity index (χ4n) is 0.123. The van der Waals surface area contributed by atoms with Crippen LogP contribution in [0.2, 0.25) is 0 Å². The molecular formula is C2ClN2PS3. The highest BCUT2D eigenvalue weighted by atomic mass is 35.7. The van der Waals surface area contributed by atoms with Crippen LogP contribution in [0.5, 0.6) is 0 Å². The first-order chi connectivity index (χ1) is 4.12. The van der Waals surface area contributed by atoms with E-state index in [0.29, 0.717) is 0 Å². The molecule has 0 spiro atoms. The van der Waals surface area contributed by atoms with Gasteiger partial charge in [0.1, 0.15) is 0 Å². The van der Waals surface area contributed by atoms with Crippen molar-refractivity contribution >= 4 is 63.5 Å². The average Bonchev–Trinajstić information content (AvgIpc) is 1.64. The first-order valence-electron chi connectivity index (χ1n) is 1.61. The molecule has 0 aliphatic heterocycles. The van der Waals surface area contributed by atoms with Crippen LogP contribution in [0.1, 0.15) is 0 Å². The molecule has 0 radical (unpaired) electrons. The molecule has 0 aliphatic rings. The second kappa shape index (κ2) is 4.37. The van der Waals surface area contributed by atoms with Crippen molar-refractivity contribution in [3.8, 4) is 0 Å². The minimum Gasteiger partial charge on any atom is -0.161 e. The molecule has 0 saturated carbocycles. The predicted octanol–water partition coefficient (Wildman–Crippen LogP) is 2.66. The quantitative estimate of drug-likeness (QED) is 0.401. The maximum absolute atomic E-state index is 5.47. The molecule has 0 N–H and O–H groups in total. The van der Waals surface area contributed by atoms with Crippen LogP contribution in [0.3, 0.4) is 0 Å². The minimum atomic E-state index is -2.57. The molecule has 48 valence electrons. The van der Waals surface area contributed by atoms with Crippen LogP contribution in [-0.4, -0.2) is 10.3 Å². The Kier molecular flexibility index (Phi) is 4.63. The van der Waals surface area contributed by atoms with Crippen molar-refractivity contribution in [2.45, 2.75) is 0 Å². The molecule has 0 bridgehead atoms. The number of hydrogen-bond acceptors (Lipinski definition) is 3. The molecule has 0 aliphatic carbocycles. The molecule has 0 heterocycles. The minimum absolute atomic E-state index is 2.03. The number of halogens is 1. The Balaban J connectivity index is 4.59. The summed E-state index contributed by atoms with van der Waals surface area (Å²) in [6.45, 7) is 0. The van der Waals surface area contributed by atoms with E-state index in [0.717, 1.165) is 0 Å². The third kappa shape index (κ3) is 5.01. The highest BCUT2D eigenvalue weighted by Crippen LogP contribution is 2.53. The predicted molar refractivity (Wildman–Crippen MR) is 50.2 cm³/mol. The zero-order valence-corrected chi connectivity index (χ0v) is 8.04. The van der Waals surface area contributed by atoms with Crippen molar-refractivity contribution in [3.05, 3.63) is 0 Å². The smallest absolute Gasteiger partial charge is 0.161 e. The number of nitrogens with zero attached hydrogens (tertiary/aromatic N) is 2. The summed E-state index contributed by atoms with van der Waals surface area (Å²) in [7, 11) is 0. The Morgan fingerprint density at radius 3 is 1.78 bits per heavy atom. The molecule has 7 heteroatoms. The van der Waals surface area contributed by atoms with Gasteiger partial charge in [-0.25, -0.2) is 0 Å². The summed E-state index contributed by atoms with van der Waals surface area (Å²) in [4.78, 5) is 0. The molecule has 0 saturated heterocycles. The van der Waals surface area contributed by atoms with Crippen molar-refractivity contribution in [2.24, 2.45) is 9.53 Å². The van der Waals surface area contributed by atoms with Gasteiger partial charge in [0.2, 0.25) is 0 Å². The van der Waals surface area contributed by atoms with E-state index in [1.807, 2.05) is 10.3 Å². The molecule has 0 rings (SSSR count). The van der Waals surface area contributed by atoms with Gasteiger partial charge in [-0.3, -0.25) is 0 Å². The van der Waals surface area contributed by atoms with Crippen LogP contribution >= 0.6 is 41.4 Å². The molecular weight excluding hydrogens is 215 g/mol. The fourth-order valence-corrected chi connectivity index (χ4v) is 2.13. The normalized spacial score (nSPS) is 14.3. The second-order valence-corrected chi connectivity index (χ2v) is 6.11. The lowest BCUT2D eigenvalue weighted by Gasteiger charge is -1.91. The SMILES string of the molecule is S=C=NP(=S)(Cl)N=C=S. The van der Waals surface area contributed by atoms with E-state index < -0.39 is 5.69 Å². The van der Waals surface area contributed by atoms with Gasteiger partial charge in [0.05, 0.1) is 10.3 Å². The summed E-state index contributed by atoms with van der Waals surface area (Å²) < 4.78 is 6.81. The topological polar surface area (TPSA) is 24.7 Å². The van der Waals surface area contributed by atoms with E-state index in [1.165, 1.54) is 0 Å². The van der Waals surface area contributed by atoms with Crippen molar-refractivity contribution in [2.75, 3.05) is 0 Å². The zero-order chi connectivity index (χ0) is 7.33. The van der Waals surface area contributed by atoms with Crippen molar-refractivity contribution in [1.82, 2.24) is 0 Å². The molecule has 0 aromatic rings. The van der Waals surface area contributed by atoms with Gasteiger partial charge in [-0.2, -0.15) is 9.53 Å². The Morgan fingerprint density at radius 2 is 1.56 bits per heavy atom. The Bertz CT molecular complexity index is 216. The van der Waals surface area contributed by atoms with Crippen LogP contribution in [-0.2, 0) is 11.8 Å². The fraction of sp³-hybridized carbons (Fsp3) is 0. The van der Waals surface area contributed by atoms with Crippen molar-refractivity contribution in [1.29, 1.82) is 0 Å². The van der Waals surface area contributed by atoms with E-state index in [-0.39, 0.29) is 0 Å². The van der Waals surface area contributed by atoms with Gasteiger partial charge in [-0.15, -0.1) is 0 Å². The molecule has 0 unspecified atom stereocenters. The van der Waals surface area contributed by atoms with Crippen molar-refractivity contribution < 1.29 is 0 Å². The van der Waals surface area contributed by atoms with Crippen LogP contribution in [0, 0.1) is 0 Å².